The Morgan fingerprint density at radius 3 is 2.61 bits per heavy atom. The van der Waals surface area contributed by atoms with Crippen LogP contribution in [0.5, 0.6) is 5.75 Å². The molecule has 6 heteroatoms. The molecule has 3 N–H and O–H groups in total. The zero-order valence-corrected chi connectivity index (χ0v) is 15.5. The lowest BCUT2D eigenvalue weighted by Gasteiger charge is -2.57. The highest BCUT2D eigenvalue weighted by Gasteiger charge is 2.62. The molecule has 128 valence electrons. The lowest BCUT2D eigenvalue weighted by atomic mass is 9.54. The number of ether oxygens (including phenoxy) is 2. The van der Waals surface area contributed by atoms with Gasteiger partial charge in [0.15, 0.2) is 0 Å². The van der Waals surface area contributed by atoms with Gasteiger partial charge in [-0.05, 0) is 31.2 Å². The number of rotatable bonds is 7. The van der Waals surface area contributed by atoms with E-state index in [0.717, 1.165) is 10.2 Å². The highest BCUT2D eigenvalue weighted by Crippen LogP contribution is 2.49. The fraction of sp³-hybridized carbons (Fsp3) is 0.588. The molecule has 2 unspecified atom stereocenters. The normalized spacial score (nSPS) is 25.5. The van der Waals surface area contributed by atoms with Crippen molar-refractivity contribution in [2.45, 2.75) is 38.8 Å². The summed E-state index contributed by atoms with van der Waals surface area (Å²) in [6.45, 7) is 7.37. The highest BCUT2D eigenvalue weighted by atomic mass is 79.9. The van der Waals surface area contributed by atoms with E-state index in [1.165, 1.54) is 0 Å². The van der Waals surface area contributed by atoms with E-state index in [0.29, 0.717) is 26.2 Å². The van der Waals surface area contributed by atoms with Crippen molar-refractivity contribution < 1.29 is 14.3 Å². The van der Waals surface area contributed by atoms with Crippen LogP contribution in [0, 0.1) is 5.41 Å². The second-order valence-corrected chi connectivity index (χ2v) is 7.32. The number of halogens is 1. The molecule has 0 aromatic heterocycles. The van der Waals surface area contributed by atoms with Crippen molar-refractivity contribution in [1.29, 1.82) is 0 Å². The zero-order valence-electron chi connectivity index (χ0n) is 13.9. The molecular weight excluding hydrogens is 360 g/mol. The second kappa shape index (κ2) is 7.20. The monoisotopic (exact) mass is 384 g/mol. The van der Waals surface area contributed by atoms with Crippen LogP contribution in [0.15, 0.2) is 28.7 Å². The number of nitrogens with one attached hydrogen (secondary N) is 1. The predicted molar refractivity (Wildman–Crippen MR) is 93.4 cm³/mol. The van der Waals surface area contributed by atoms with E-state index in [4.69, 9.17) is 15.2 Å². The predicted octanol–water partition coefficient (Wildman–Crippen LogP) is 2.48. The van der Waals surface area contributed by atoms with Crippen LogP contribution in [0.25, 0.3) is 0 Å². The van der Waals surface area contributed by atoms with Crippen LogP contribution < -0.4 is 15.8 Å². The van der Waals surface area contributed by atoms with Crippen molar-refractivity contribution in [3.05, 3.63) is 28.7 Å². The van der Waals surface area contributed by atoms with E-state index >= 15 is 0 Å². The minimum Gasteiger partial charge on any atom is -0.492 e. The maximum atomic E-state index is 12.4. The topological polar surface area (TPSA) is 73.6 Å². The number of nitrogens with two attached hydrogens (primary N) is 1. The SMILES string of the molecule is CCOC1CC(N)(C(=O)NCCOc2ccc(Br)cc2)C1(C)C. The van der Waals surface area contributed by atoms with Gasteiger partial charge in [0, 0.05) is 22.9 Å². The Labute approximate surface area is 146 Å². The smallest absolute Gasteiger partial charge is 0.240 e. The summed E-state index contributed by atoms with van der Waals surface area (Å²) in [5, 5.41) is 2.87. The number of hydrogen-bond donors (Lipinski definition) is 2. The van der Waals surface area contributed by atoms with Crippen LogP contribution in [0.2, 0.25) is 0 Å². The number of carbonyl (C=O) groups excluding carboxylic acids is 1. The zero-order chi connectivity index (χ0) is 17.1. The molecule has 23 heavy (non-hydrogen) atoms. The van der Waals surface area contributed by atoms with Gasteiger partial charge >= 0.3 is 0 Å². The van der Waals surface area contributed by atoms with Gasteiger partial charge in [0.05, 0.1) is 12.6 Å². The Balaban J connectivity index is 1.78. The maximum Gasteiger partial charge on any atom is 0.240 e. The van der Waals surface area contributed by atoms with Crippen LogP contribution in [-0.4, -0.2) is 37.3 Å². The molecule has 2 rings (SSSR count). The molecule has 1 aliphatic carbocycles. The minimum absolute atomic E-state index is 0.0299. The first kappa shape index (κ1) is 18.2. The van der Waals surface area contributed by atoms with Crippen molar-refractivity contribution in [3.63, 3.8) is 0 Å². The van der Waals surface area contributed by atoms with Crippen molar-refractivity contribution >= 4 is 21.8 Å². The van der Waals surface area contributed by atoms with E-state index in [-0.39, 0.29) is 17.4 Å². The van der Waals surface area contributed by atoms with Gasteiger partial charge in [0.2, 0.25) is 5.91 Å². The third-order valence-corrected chi connectivity index (χ3v) is 5.23. The average Bonchev–Trinajstić information content (AvgIpc) is 2.52. The molecule has 0 spiro atoms. The molecule has 0 aliphatic heterocycles. The molecule has 1 saturated carbocycles. The van der Waals surface area contributed by atoms with E-state index in [9.17, 15) is 4.79 Å². The van der Waals surface area contributed by atoms with Crippen molar-refractivity contribution in [2.75, 3.05) is 19.8 Å². The molecule has 1 aromatic rings. The van der Waals surface area contributed by atoms with Crippen molar-refractivity contribution in [3.8, 4) is 5.75 Å². The van der Waals surface area contributed by atoms with Gasteiger partial charge in [-0.1, -0.05) is 29.8 Å². The standard InChI is InChI=1S/C17H25BrN2O3/c1-4-22-14-11-17(19,16(14,2)3)15(21)20-9-10-23-13-7-5-12(18)6-8-13/h5-8,14H,4,9-11,19H2,1-3H3,(H,20,21). The summed E-state index contributed by atoms with van der Waals surface area (Å²) < 4.78 is 12.2. The largest absolute Gasteiger partial charge is 0.492 e. The Morgan fingerprint density at radius 1 is 1.39 bits per heavy atom. The molecule has 1 amide bonds. The van der Waals surface area contributed by atoms with Crippen LogP contribution in [0.1, 0.15) is 27.2 Å². The Kier molecular flexibility index (Phi) is 5.70. The Bertz CT molecular complexity index is 547. The molecule has 1 aromatic carbocycles. The van der Waals surface area contributed by atoms with Crippen LogP contribution in [-0.2, 0) is 9.53 Å². The molecule has 5 nitrogen and oxygen atoms in total. The second-order valence-electron chi connectivity index (χ2n) is 6.40. The molecule has 1 fully saturated rings. The fourth-order valence-electron chi connectivity index (χ4n) is 2.84. The van der Waals surface area contributed by atoms with Gasteiger partial charge in [0.1, 0.15) is 17.9 Å². The third kappa shape index (κ3) is 3.70. The molecule has 2 atom stereocenters. The summed E-state index contributed by atoms with van der Waals surface area (Å²) in [5.41, 5.74) is 5.06. The third-order valence-electron chi connectivity index (χ3n) is 4.71. The molecule has 0 saturated heterocycles. The van der Waals surface area contributed by atoms with E-state index in [1.807, 2.05) is 45.0 Å². The summed E-state index contributed by atoms with van der Waals surface area (Å²) in [4.78, 5) is 12.4. The summed E-state index contributed by atoms with van der Waals surface area (Å²) in [7, 11) is 0. The van der Waals surface area contributed by atoms with Gasteiger partial charge in [-0.2, -0.15) is 0 Å². The fourth-order valence-corrected chi connectivity index (χ4v) is 3.11. The summed E-state index contributed by atoms with van der Waals surface area (Å²) >= 11 is 3.37. The maximum absolute atomic E-state index is 12.4. The van der Waals surface area contributed by atoms with Gasteiger partial charge in [-0.25, -0.2) is 0 Å². The van der Waals surface area contributed by atoms with Gasteiger partial charge in [-0.15, -0.1) is 0 Å². The van der Waals surface area contributed by atoms with E-state index in [1.54, 1.807) is 0 Å². The average molecular weight is 385 g/mol. The molecule has 1 aliphatic rings. The number of benzene rings is 1. The first-order valence-corrected chi connectivity index (χ1v) is 8.67. The molecule has 0 heterocycles. The summed E-state index contributed by atoms with van der Waals surface area (Å²) in [6.07, 6.45) is 0.579. The van der Waals surface area contributed by atoms with Crippen LogP contribution >= 0.6 is 15.9 Å². The molecule has 0 radical (unpaired) electrons. The number of amides is 1. The van der Waals surface area contributed by atoms with Crippen molar-refractivity contribution in [1.82, 2.24) is 5.32 Å². The summed E-state index contributed by atoms with van der Waals surface area (Å²) in [5.74, 6) is 0.628. The minimum atomic E-state index is -0.884. The first-order chi connectivity index (χ1) is 10.8. The Morgan fingerprint density at radius 2 is 2.04 bits per heavy atom. The van der Waals surface area contributed by atoms with Crippen LogP contribution in [0.3, 0.4) is 0 Å². The van der Waals surface area contributed by atoms with Gasteiger partial charge in [-0.3, -0.25) is 4.79 Å². The van der Waals surface area contributed by atoms with E-state index in [2.05, 4.69) is 21.2 Å². The quantitative estimate of drug-likeness (QED) is 0.708. The lowest BCUT2D eigenvalue weighted by molar-refractivity contribution is -0.170. The van der Waals surface area contributed by atoms with Crippen LogP contribution in [0.4, 0.5) is 0 Å². The first-order valence-electron chi connectivity index (χ1n) is 7.88. The highest BCUT2D eigenvalue weighted by molar-refractivity contribution is 9.10. The number of carbonyl (C=O) groups is 1. The van der Waals surface area contributed by atoms with E-state index < -0.39 is 5.54 Å². The number of hydrogen-bond acceptors (Lipinski definition) is 4. The van der Waals surface area contributed by atoms with Crippen molar-refractivity contribution in [2.24, 2.45) is 11.1 Å². The van der Waals surface area contributed by atoms with Gasteiger partial charge in [0.25, 0.3) is 0 Å². The Hall–Kier alpha value is -1.11. The summed E-state index contributed by atoms with van der Waals surface area (Å²) in [6, 6.07) is 7.57. The molecule has 0 bridgehead atoms. The molecular formula is C17H25BrN2O3. The lowest BCUT2D eigenvalue weighted by Crippen LogP contribution is -2.75. The van der Waals surface area contributed by atoms with Gasteiger partial charge < -0.3 is 20.5 Å².